The summed E-state index contributed by atoms with van der Waals surface area (Å²) in [4.78, 5) is 7.45. The van der Waals surface area contributed by atoms with Gasteiger partial charge >= 0.3 is 0 Å². The van der Waals surface area contributed by atoms with Crippen molar-refractivity contribution in [3.63, 3.8) is 0 Å². The van der Waals surface area contributed by atoms with Gasteiger partial charge in [0, 0.05) is 32.8 Å². The second-order valence-corrected chi connectivity index (χ2v) is 6.03. The fraction of sp³-hybridized carbons (Fsp3) is 0.941. The van der Waals surface area contributed by atoms with Crippen molar-refractivity contribution < 1.29 is 4.74 Å². The molecule has 0 aromatic rings. The number of nitrogens with one attached hydrogen (secondary N) is 2. The Bertz CT molecular complexity index is 296. The molecule has 0 saturated carbocycles. The van der Waals surface area contributed by atoms with Crippen molar-refractivity contribution in [2.45, 2.75) is 58.4 Å². The van der Waals surface area contributed by atoms with Crippen LogP contribution >= 0.6 is 0 Å². The minimum atomic E-state index is 0.620. The van der Waals surface area contributed by atoms with Crippen LogP contribution in [0.15, 0.2) is 4.99 Å². The highest BCUT2D eigenvalue weighted by Gasteiger charge is 2.21. The Labute approximate surface area is 136 Å². The van der Waals surface area contributed by atoms with Gasteiger partial charge in [0.25, 0.3) is 0 Å². The SMILES string of the molecule is CCCCN1CCCCC1CN=C(NCC)NCCCOC. The smallest absolute Gasteiger partial charge is 0.191 e. The van der Waals surface area contributed by atoms with E-state index in [1.165, 1.54) is 45.2 Å². The Balaban J connectivity index is 2.43. The van der Waals surface area contributed by atoms with Crippen molar-refractivity contribution in [1.82, 2.24) is 15.5 Å². The molecule has 2 N–H and O–H groups in total. The maximum Gasteiger partial charge on any atom is 0.191 e. The standard InChI is InChI=1S/C17H36N4O/c1-4-6-12-21-13-8-7-10-16(21)15-20-17(18-5-2)19-11-9-14-22-3/h16H,4-15H2,1-3H3,(H2,18,19,20). The number of likely N-dealkylation sites (tertiary alicyclic amines) is 1. The molecule has 0 aromatic carbocycles. The summed E-state index contributed by atoms with van der Waals surface area (Å²) in [7, 11) is 1.74. The minimum Gasteiger partial charge on any atom is -0.385 e. The lowest BCUT2D eigenvalue weighted by Gasteiger charge is -2.35. The van der Waals surface area contributed by atoms with Gasteiger partial charge < -0.3 is 15.4 Å². The lowest BCUT2D eigenvalue weighted by atomic mass is 10.0. The molecule has 5 nitrogen and oxygen atoms in total. The van der Waals surface area contributed by atoms with Gasteiger partial charge in [-0.3, -0.25) is 9.89 Å². The van der Waals surface area contributed by atoms with E-state index in [0.29, 0.717) is 6.04 Å². The van der Waals surface area contributed by atoms with Crippen LogP contribution < -0.4 is 10.6 Å². The fourth-order valence-electron chi connectivity index (χ4n) is 2.88. The maximum absolute atomic E-state index is 5.08. The van der Waals surface area contributed by atoms with Crippen molar-refractivity contribution in [2.24, 2.45) is 4.99 Å². The number of unbranched alkanes of at least 4 members (excludes halogenated alkanes) is 1. The zero-order chi connectivity index (χ0) is 16.0. The number of aliphatic imine (C=N–C) groups is 1. The number of piperidine rings is 1. The van der Waals surface area contributed by atoms with Gasteiger partial charge in [0.05, 0.1) is 6.54 Å². The molecule has 1 saturated heterocycles. The molecule has 1 rings (SSSR count). The average Bonchev–Trinajstić information content (AvgIpc) is 2.55. The largest absolute Gasteiger partial charge is 0.385 e. The molecule has 5 heteroatoms. The summed E-state index contributed by atoms with van der Waals surface area (Å²) in [6.07, 6.45) is 7.56. The molecule has 0 aromatic heterocycles. The fourth-order valence-corrected chi connectivity index (χ4v) is 2.88. The van der Waals surface area contributed by atoms with Crippen molar-refractivity contribution in [3.8, 4) is 0 Å². The minimum absolute atomic E-state index is 0.620. The summed E-state index contributed by atoms with van der Waals surface area (Å²) in [6, 6.07) is 0.620. The van der Waals surface area contributed by atoms with E-state index in [-0.39, 0.29) is 0 Å². The third-order valence-corrected chi connectivity index (χ3v) is 4.17. The number of hydrogen-bond acceptors (Lipinski definition) is 3. The van der Waals surface area contributed by atoms with Gasteiger partial charge in [-0.1, -0.05) is 19.8 Å². The molecule has 0 radical (unpaired) electrons. The lowest BCUT2D eigenvalue weighted by Crippen LogP contribution is -2.43. The molecule has 130 valence electrons. The van der Waals surface area contributed by atoms with Crippen molar-refractivity contribution in [2.75, 3.05) is 46.4 Å². The number of rotatable bonds is 10. The Hall–Kier alpha value is -0.810. The number of guanidine groups is 1. The highest BCUT2D eigenvalue weighted by atomic mass is 16.5. The van der Waals surface area contributed by atoms with Crippen LogP contribution in [0.1, 0.15) is 52.4 Å². The van der Waals surface area contributed by atoms with Gasteiger partial charge in [-0.15, -0.1) is 0 Å². The van der Waals surface area contributed by atoms with Gasteiger partial charge in [0.2, 0.25) is 0 Å². The third kappa shape index (κ3) is 7.99. The quantitative estimate of drug-likeness (QED) is 0.369. The van der Waals surface area contributed by atoms with Crippen LogP contribution in [-0.4, -0.2) is 63.3 Å². The van der Waals surface area contributed by atoms with Crippen LogP contribution in [0.5, 0.6) is 0 Å². The van der Waals surface area contributed by atoms with Gasteiger partial charge in [-0.2, -0.15) is 0 Å². The number of hydrogen-bond donors (Lipinski definition) is 2. The monoisotopic (exact) mass is 312 g/mol. The molecular formula is C17H36N4O. The molecule has 0 spiro atoms. The van der Waals surface area contributed by atoms with Crippen LogP contribution in [0.25, 0.3) is 0 Å². The van der Waals surface area contributed by atoms with E-state index in [2.05, 4.69) is 29.4 Å². The first-order valence-corrected chi connectivity index (χ1v) is 9.07. The molecule has 1 fully saturated rings. The van der Waals surface area contributed by atoms with Crippen LogP contribution in [0.2, 0.25) is 0 Å². The van der Waals surface area contributed by atoms with Crippen molar-refractivity contribution >= 4 is 5.96 Å². The van der Waals surface area contributed by atoms with E-state index in [0.717, 1.165) is 38.6 Å². The second kappa shape index (κ2) is 12.7. The molecule has 0 amide bonds. The Kier molecular flexibility index (Phi) is 11.1. The topological polar surface area (TPSA) is 48.9 Å². The van der Waals surface area contributed by atoms with E-state index in [1.807, 2.05) is 0 Å². The predicted octanol–water partition coefficient (Wildman–Crippen LogP) is 2.23. The molecule has 1 atom stereocenters. The van der Waals surface area contributed by atoms with Gasteiger partial charge in [0.15, 0.2) is 5.96 Å². The summed E-state index contributed by atoms with van der Waals surface area (Å²) in [6.45, 7) is 10.4. The average molecular weight is 313 g/mol. The molecule has 22 heavy (non-hydrogen) atoms. The van der Waals surface area contributed by atoms with Gasteiger partial charge in [0.1, 0.15) is 0 Å². The van der Waals surface area contributed by atoms with Crippen LogP contribution in [0.3, 0.4) is 0 Å². The molecule has 1 unspecified atom stereocenters. The molecule has 1 aliphatic heterocycles. The summed E-state index contributed by atoms with van der Waals surface area (Å²) in [5.41, 5.74) is 0. The third-order valence-electron chi connectivity index (χ3n) is 4.17. The first-order valence-electron chi connectivity index (χ1n) is 9.07. The number of ether oxygens (including phenoxy) is 1. The molecule has 0 bridgehead atoms. The predicted molar refractivity (Wildman–Crippen MR) is 94.6 cm³/mol. The summed E-state index contributed by atoms with van der Waals surface area (Å²) in [5, 5.41) is 6.73. The molecule has 1 aliphatic rings. The van der Waals surface area contributed by atoms with E-state index in [4.69, 9.17) is 9.73 Å². The highest BCUT2D eigenvalue weighted by molar-refractivity contribution is 5.79. The van der Waals surface area contributed by atoms with Crippen molar-refractivity contribution in [1.29, 1.82) is 0 Å². The van der Waals surface area contributed by atoms with E-state index >= 15 is 0 Å². The zero-order valence-electron chi connectivity index (χ0n) is 14.9. The van der Waals surface area contributed by atoms with E-state index in [1.54, 1.807) is 7.11 Å². The van der Waals surface area contributed by atoms with Gasteiger partial charge in [-0.05, 0) is 45.7 Å². The lowest BCUT2D eigenvalue weighted by molar-refractivity contribution is 0.151. The zero-order valence-corrected chi connectivity index (χ0v) is 14.9. The Morgan fingerprint density at radius 1 is 1.23 bits per heavy atom. The van der Waals surface area contributed by atoms with Crippen LogP contribution in [0.4, 0.5) is 0 Å². The maximum atomic E-state index is 5.08. The summed E-state index contributed by atoms with van der Waals surface area (Å²) in [5.74, 6) is 0.944. The van der Waals surface area contributed by atoms with Crippen molar-refractivity contribution in [3.05, 3.63) is 0 Å². The Morgan fingerprint density at radius 2 is 2.09 bits per heavy atom. The first-order chi connectivity index (χ1) is 10.8. The van der Waals surface area contributed by atoms with Crippen LogP contribution in [0, 0.1) is 0 Å². The summed E-state index contributed by atoms with van der Waals surface area (Å²) < 4.78 is 5.08. The molecular weight excluding hydrogens is 276 g/mol. The van der Waals surface area contributed by atoms with Crippen LogP contribution in [-0.2, 0) is 4.74 Å². The van der Waals surface area contributed by atoms with E-state index in [9.17, 15) is 0 Å². The summed E-state index contributed by atoms with van der Waals surface area (Å²) >= 11 is 0. The normalized spacial score (nSPS) is 20.1. The van der Waals surface area contributed by atoms with E-state index < -0.39 is 0 Å². The first kappa shape index (κ1) is 19.2. The highest BCUT2D eigenvalue weighted by Crippen LogP contribution is 2.17. The second-order valence-electron chi connectivity index (χ2n) is 6.03. The van der Waals surface area contributed by atoms with Gasteiger partial charge in [-0.25, -0.2) is 0 Å². The molecule has 1 heterocycles. The Morgan fingerprint density at radius 3 is 2.82 bits per heavy atom. The number of methoxy groups -OCH3 is 1. The number of nitrogens with zero attached hydrogens (tertiary/aromatic N) is 2. The molecule has 0 aliphatic carbocycles.